The molecular formula is C18H19N5O2S. The number of rotatable bonds is 3. The Hall–Kier alpha value is -2.74. The molecule has 1 aliphatic carbocycles. The summed E-state index contributed by atoms with van der Waals surface area (Å²) in [7, 11) is -1.21. The van der Waals surface area contributed by atoms with Gasteiger partial charge in [0, 0.05) is 25.2 Å². The number of nitrogens with zero attached hydrogens (tertiary/aromatic N) is 4. The zero-order valence-corrected chi connectivity index (χ0v) is 15.6. The lowest BCUT2D eigenvalue weighted by molar-refractivity contribution is 0.602. The van der Waals surface area contributed by atoms with Crippen molar-refractivity contribution in [1.82, 2.24) is 19.5 Å². The van der Waals surface area contributed by atoms with Gasteiger partial charge in [-0.15, -0.1) is 0 Å². The lowest BCUT2D eigenvalue weighted by Crippen LogP contribution is -2.10. The number of imidazole rings is 1. The number of anilines is 2. The third-order valence-electron chi connectivity index (χ3n) is 4.65. The quantitative estimate of drug-likeness (QED) is 0.763. The van der Waals surface area contributed by atoms with Crippen LogP contribution in [0.4, 0.5) is 11.6 Å². The molecule has 0 amide bonds. The van der Waals surface area contributed by atoms with E-state index in [0.29, 0.717) is 5.95 Å². The minimum absolute atomic E-state index is 0.282. The van der Waals surface area contributed by atoms with Crippen molar-refractivity contribution in [2.75, 3.05) is 11.6 Å². The zero-order valence-electron chi connectivity index (χ0n) is 14.8. The van der Waals surface area contributed by atoms with Gasteiger partial charge in [-0.3, -0.25) is 0 Å². The van der Waals surface area contributed by atoms with Crippen LogP contribution in [0.15, 0.2) is 35.4 Å². The van der Waals surface area contributed by atoms with Crippen LogP contribution in [-0.2, 0) is 29.7 Å². The van der Waals surface area contributed by atoms with Gasteiger partial charge in [0.25, 0.3) is 0 Å². The predicted molar refractivity (Wildman–Crippen MR) is 99.2 cm³/mol. The molecule has 0 aliphatic heterocycles. The van der Waals surface area contributed by atoms with Crippen molar-refractivity contribution in [1.29, 1.82) is 0 Å². The normalized spacial score (nSPS) is 13.2. The highest BCUT2D eigenvalue weighted by atomic mass is 32.2. The first-order valence-corrected chi connectivity index (χ1v) is 10.2. The number of nitrogens with one attached hydrogen (secondary N) is 1. The number of hydrogen-bond acceptors (Lipinski definition) is 6. The Morgan fingerprint density at radius 3 is 2.54 bits per heavy atom. The van der Waals surface area contributed by atoms with Crippen molar-refractivity contribution >= 4 is 21.5 Å². The monoisotopic (exact) mass is 369 g/mol. The summed E-state index contributed by atoms with van der Waals surface area (Å²) in [6.07, 6.45) is 4.81. The molecule has 1 N–H and O–H groups in total. The summed E-state index contributed by atoms with van der Waals surface area (Å²) in [5, 5.41) is 3.14. The summed E-state index contributed by atoms with van der Waals surface area (Å²) >= 11 is 0. The predicted octanol–water partition coefficient (Wildman–Crippen LogP) is 2.43. The fourth-order valence-electron chi connectivity index (χ4n) is 3.17. The van der Waals surface area contributed by atoms with Crippen LogP contribution in [0.5, 0.6) is 0 Å². The fourth-order valence-corrected chi connectivity index (χ4v) is 3.80. The molecule has 2 heterocycles. The van der Waals surface area contributed by atoms with Crippen molar-refractivity contribution in [2.24, 2.45) is 7.05 Å². The van der Waals surface area contributed by atoms with Crippen LogP contribution >= 0.6 is 0 Å². The smallest absolute Gasteiger partial charge is 0.227 e. The van der Waals surface area contributed by atoms with Gasteiger partial charge in [0.15, 0.2) is 9.84 Å². The lowest BCUT2D eigenvalue weighted by Gasteiger charge is -2.17. The number of aryl methyl sites for hydroxylation is 3. The van der Waals surface area contributed by atoms with E-state index in [2.05, 4.69) is 19.9 Å². The van der Waals surface area contributed by atoms with Gasteiger partial charge >= 0.3 is 0 Å². The number of benzene rings is 1. The summed E-state index contributed by atoms with van der Waals surface area (Å²) in [5.74, 6) is 1.44. The highest BCUT2D eigenvalue weighted by molar-refractivity contribution is 7.90. The van der Waals surface area contributed by atoms with Crippen LogP contribution in [0.1, 0.15) is 17.1 Å². The first-order chi connectivity index (χ1) is 12.3. The molecule has 0 spiro atoms. The minimum atomic E-state index is -3.21. The molecular weight excluding hydrogens is 350 g/mol. The van der Waals surface area contributed by atoms with E-state index in [0.717, 1.165) is 47.0 Å². The third-order valence-corrected chi connectivity index (χ3v) is 5.78. The number of hydrogen-bond donors (Lipinski definition) is 1. The minimum Gasteiger partial charge on any atom is -0.330 e. The summed E-state index contributed by atoms with van der Waals surface area (Å²) < 4.78 is 25.2. The van der Waals surface area contributed by atoms with Crippen LogP contribution in [0, 0.1) is 6.92 Å². The van der Waals surface area contributed by atoms with Crippen LogP contribution in [-0.4, -0.2) is 34.2 Å². The maximum Gasteiger partial charge on any atom is 0.227 e. The zero-order chi connectivity index (χ0) is 18.5. The maximum absolute atomic E-state index is 11.6. The van der Waals surface area contributed by atoms with E-state index in [1.54, 1.807) is 24.3 Å². The molecule has 0 unspecified atom stereocenters. The molecule has 8 heteroatoms. The Kier molecular flexibility index (Phi) is 3.80. The van der Waals surface area contributed by atoms with E-state index in [1.165, 1.54) is 6.26 Å². The van der Waals surface area contributed by atoms with Crippen molar-refractivity contribution in [2.45, 2.75) is 24.7 Å². The molecule has 134 valence electrons. The van der Waals surface area contributed by atoms with E-state index in [4.69, 9.17) is 4.98 Å². The van der Waals surface area contributed by atoms with Gasteiger partial charge in [0.05, 0.1) is 22.0 Å². The fraction of sp³-hybridized carbons (Fsp3) is 0.278. The standard InChI is InChI=1S/C18H19N5O2S/c1-11-20-15-9-4-12-10-19-18(22-16(12)17(15)23(11)2)21-13-5-7-14(8-6-13)26(3,24)25/h5-8,10H,4,9H2,1-3H3,(H,19,21,22). The van der Waals surface area contributed by atoms with E-state index in [9.17, 15) is 8.42 Å². The molecule has 1 aliphatic rings. The highest BCUT2D eigenvalue weighted by Crippen LogP contribution is 2.32. The second kappa shape index (κ2) is 5.91. The molecule has 0 atom stereocenters. The molecule has 0 saturated heterocycles. The van der Waals surface area contributed by atoms with Gasteiger partial charge < -0.3 is 9.88 Å². The first-order valence-electron chi connectivity index (χ1n) is 8.28. The summed E-state index contributed by atoms with van der Waals surface area (Å²) in [4.78, 5) is 14.0. The van der Waals surface area contributed by atoms with Crippen LogP contribution in [0.25, 0.3) is 11.4 Å². The average Bonchev–Trinajstić information content (AvgIpc) is 2.89. The van der Waals surface area contributed by atoms with Crippen molar-refractivity contribution < 1.29 is 8.42 Å². The number of fused-ring (bicyclic) bond motifs is 3. The Morgan fingerprint density at radius 1 is 1.12 bits per heavy atom. The lowest BCUT2D eigenvalue weighted by atomic mass is 9.98. The Balaban J connectivity index is 1.68. The summed E-state index contributed by atoms with van der Waals surface area (Å²) in [6.45, 7) is 1.99. The average molecular weight is 369 g/mol. The van der Waals surface area contributed by atoms with Gasteiger partial charge in [-0.2, -0.15) is 0 Å². The molecule has 0 bridgehead atoms. The topological polar surface area (TPSA) is 89.8 Å². The summed E-state index contributed by atoms with van der Waals surface area (Å²) in [6, 6.07) is 6.55. The van der Waals surface area contributed by atoms with Crippen LogP contribution < -0.4 is 5.32 Å². The molecule has 1 aromatic carbocycles. The Labute approximate surface area is 152 Å². The Morgan fingerprint density at radius 2 is 1.85 bits per heavy atom. The van der Waals surface area contributed by atoms with Crippen molar-refractivity contribution in [3.05, 3.63) is 47.5 Å². The van der Waals surface area contributed by atoms with E-state index >= 15 is 0 Å². The van der Waals surface area contributed by atoms with Gasteiger partial charge in [-0.1, -0.05) is 0 Å². The van der Waals surface area contributed by atoms with Gasteiger partial charge in [-0.05, 0) is 49.6 Å². The van der Waals surface area contributed by atoms with Gasteiger partial charge in [0.1, 0.15) is 5.82 Å². The number of sulfone groups is 1. The van der Waals surface area contributed by atoms with Gasteiger partial charge in [-0.25, -0.2) is 23.4 Å². The van der Waals surface area contributed by atoms with Crippen molar-refractivity contribution in [3.8, 4) is 11.4 Å². The third kappa shape index (κ3) is 2.86. The molecule has 0 saturated carbocycles. The van der Waals surface area contributed by atoms with E-state index < -0.39 is 9.84 Å². The van der Waals surface area contributed by atoms with E-state index in [1.807, 2.05) is 20.2 Å². The molecule has 2 aromatic heterocycles. The summed E-state index contributed by atoms with van der Waals surface area (Å²) in [5.41, 5.74) is 4.86. The van der Waals surface area contributed by atoms with Crippen molar-refractivity contribution in [3.63, 3.8) is 0 Å². The van der Waals surface area contributed by atoms with Crippen LogP contribution in [0.2, 0.25) is 0 Å². The van der Waals surface area contributed by atoms with E-state index in [-0.39, 0.29) is 4.90 Å². The highest BCUT2D eigenvalue weighted by Gasteiger charge is 2.24. The number of aromatic nitrogens is 4. The van der Waals surface area contributed by atoms with Crippen LogP contribution in [0.3, 0.4) is 0 Å². The second-order valence-electron chi connectivity index (χ2n) is 6.50. The molecule has 26 heavy (non-hydrogen) atoms. The SMILES string of the molecule is Cc1nc2c(n1C)-c1nc(Nc3ccc(S(C)(=O)=O)cc3)ncc1CC2. The molecule has 3 aromatic rings. The Bertz CT molecular complexity index is 1100. The molecule has 0 radical (unpaired) electrons. The largest absolute Gasteiger partial charge is 0.330 e. The second-order valence-corrected chi connectivity index (χ2v) is 8.52. The molecule has 0 fully saturated rings. The molecule has 7 nitrogen and oxygen atoms in total. The first kappa shape index (κ1) is 16.7. The maximum atomic E-state index is 11.6. The van der Waals surface area contributed by atoms with Gasteiger partial charge in [0.2, 0.25) is 5.95 Å². The molecule has 4 rings (SSSR count).